The third kappa shape index (κ3) is 3.24. The van der Waals surface area contributed by atoms with Crippen LogP contribution >= 0.6 is 23.2 Å². The average Bonchev–Trinajstić information content (AvgIpc) is 2.44. The van der Waals surface area contributed by atoms with Crippen LogP contribution in [0.3, 0.4) is 0 Å². The van der Waals surface area contributed by atoms with Crippen LogP contribution in [0.5, 0.6) is 0 Å². The number of carbonyl (C=O) groups is 1. The number of anilines is 1. The summed E-state index contributed by atoms with van der Waals surface area (Å²) in [7, 11) is 1.91. The lowest BCUT2D eigenvalue weighted by Crippen LogP contribution is -2.16. The lowest BCUT2D eigenvalue weighted by molar-refractivity contribution is 0.0697. The largest absolute Gasteiger partial charge is 0.478 e. The third-order valence-corrected chi connectivity index (χ3v) is 3.85. The Morgan fingerprint density at radius 2 is 1.80 bits per heavy atom. The van der Waals surface area contributed by atoms with Crippen molar-refractivity contribution in [3.8, 4) is 0 Å². The zero-order valence-corrected chi connectivity index (χ0v) is 12.3. The van der Waals surface area contributed by atoms with Gasteiger partial charge in [0.05, 0.1) is 15.6 Å². The quantitative estimate of drug-likeness (QED) is 0.914. The number of rotatable bonds is 4. The van der Waals surface area contributed by atoms with Crippen LogP contribution in [0.15, 0.2) is 42.5 Å². The highest BCUT2D eigenvalue weighted by Crippen LogP contribution is 2.27. The van der Waals surface area contributed by atoms with Crippen LogP contribution in [0.25, 0.3) is 0 Å². The van der Waals surface area contributed by atoms with Crippen LogP contribution < -0.4 is 4.90 Å². The molecule has 0 radical (unpaired) electrons. The molecule has 3 nitrogen and oxygen atoms in total. The second-order valence-corrected chi connectivity index (χ2v) is 5.21. The summed E-state index contributed by atoms with van der Waals surface area (Å²) in [5, 5.41) is 9.94. The van der Waals surface area contributed by atoms with Crippen molar-refractivity contribution in [3.05, 3.63) is 63.6 Å². The number of carboxylic acid groups (broad SMARTS) is 1. The van der Waals surface area contributed by atoms with E-state index in [9.17, 15) is 4.79 Å². The number of nitrogens with zero attached hydrogens (tertiary/aromatic N) is 1. The van der Waals surface area contributed by atoms with Crippen molar-refractivity contribution < 1.29 is 9.90 Å². The Balaban J connectivity index is 2.17. The van der Waals surface area contributed by atoms with E-state index in [0.29, 0.717) is 16.6 Å². The van der Waals surface area contributed by atoms with Crippen LogP contribution in [-0.2, 0) is 6.54 Å². The van der Waals surface area contributed by atoms with Gasteiger partial charge in [-0.2, -0.15) is 0 Å². The first-order valence-corrected chi connectivity index (χ1v) is 6.72. The molecule has 2 aromatic rings. The number of hydrogen-bond acceptors (Lipinski definition) is 2. The summed E-state index contributed by atoms with van der Waals surface area (Å²) in [6.07, 6.45) is 0. The van der Waals surface area contributed by atoms with E-state index in [0.717, 1.165) is 11.3 Å². The molecular formula is C15H13Cl2NO2. The smallest absolute Gasteiger partial charge is 0.335 e. The maximum Gasteiger partial charge on any atom is 0.335 e. The van der Waals surface area contributed by atoms with Gasteiger partial charge >= 0.3 is 5.97 Å². The van der Waals surface area contributed by atoms with Gasteiger partial charge in [-0.3, -0.25) is 0 Å². The minimum atomic E-state index is -0.933. The lowest BCUT2D eigenvalue weighted by Gasteiger charge is -2.20. The van der Waals surface area contributed by atoms with E-state index in [-0.39, 0.29) is 5.56 Å². The van der Waals surface area contributed by atoms with Crippen molar-refractivity contribution in [1.82, 2.24) is 0 Å². The van der Waals surface area contributed by atoms with E-state index in [2.05, 4.69) is 0 Å². The van der Waals surface area contributed by atoms with Crippen molar-refractivity contribution in [2.24, 2.45) is 0 Å². The molecule has 2 rings (SSSR count). The topological polar surface area (TPSA) is 40.5 Å². The number of aromatic carboxylic acids is 1. The SMILES string of the molecule is CN(Cc1cccc(Cl)c1Cl)c1ccc(C(=O)O)cc1. The maximum atomic E-state index is 10.8. The minimum absolute atomic E-state index is 0.267. The molecule has 0 aromatic heterocycles. The molecule has 5 heteroatoms. The fourth-order valence-electron chi connectivity index (χ4n) is 1.88. The summed E-state index contributed by atoms with van der Waals surface area (Å²) < 4.78 is 0. The van der Waals surface area contributed by atoms with Crippen molar-refractivity contribution in [2.45, 2.75) is 6.54 Å². The van der Waals surface area contributed by atoms with Crippen molar-refractivity contribution in [3.63, 3.8) is 0 Å². The first kappa shape index (κ1) is 14.7. The van der Waals surface area contributed by atoms with E-state index < -0.39 is 5.97 Å². The molecule has 20 heavy (non-hydrogen) atoms. The van der Waals surface area contributed by atoms with Crippen LogP contribution in [0.2, 0.25) is 10.0 Å². The first-order chi connectivity index (χ1) is 9.49. The predicted molar refractivity (Wildman–Crippen MR) is 82.0 cm³/mol. The summed E-state index contributed by atoms with van der Waals surface area (Å²) in [6, 6.07) is 12.2. The molecule has 1 N–H and O–H groups in total. The summed E-state index contributed by atoms with van der Waals surface area (Å²) in [4.78, 5) is 12.8. The lowest BCUT2D eigenvalue weighted by atomic mass is 10.1. The van der Waals surface area contributed by atoms with Gasteiger partial charge in [0.1, 0.15) is 0 Å². The van der Waals surface area contributed by atoms with E-state index in [1.807, 2.05) is 24.1 Å². The molecule has 0 spiro atoms. The molecule has 0 aliphatic rings. The van der Waals surface area contributed by atoms with E-state index in [4.69, 9.17) is 28.3 Å². The molecule has 2 aromatic carbocycles. The van der Waals surface area contributed by atoms with Crippen LogP contribution in [0, 0.1) is 0 Å². The Kier molecular flexibility index (Phi) is 4.53. The van der Waals surface area contributed by atoms with Crippen LogP contribution in [0.4, 0.5) is 5.69 Å². The Morgan fingerprint density at radius 1 is 1.15 bits per heavy atom. The maximum absolute atomic E-state index is 10.8. The Labute approximate surface area is 127 Å². The summed E-state index contributed by atoms with van der Waals surface area (Å²) in [5.41, 5.74) is 2.10. The van der Waals surface area contributed by atoms with Crippen molar-refractivity contribution in [2.75, 3.05) is 11.9 Å². The highest BCUT2D eigenvalue weighted by molar-refractivity contribution is 6.42. The van der Waals surface area contributed by atoms with Gasteiger partial charge in [-0.1, -0.05) is 35.3 Å². The van der Waals surface area contributed by atoms with Crippen LogP contribution in [-0.4, -0.2) is 18.1 Å². The van der Waals surface area contributed by atoms with Gasteiger partial charge in [0.25, 0.3) is 0 Å². The fraction of sp³-hybridized carbons (Fsp3) is 0.133. The first-order valence-electron chi connectivity index (χ1n) is 5.96. The van der Waals surface area contributed by atoms with Crippen molar-refractivity contribution >= 4 is 34.9 Å². The molecule has 0 heterocycles. The third-order valence-electron chi connectivity index (χ3n) is 2.99. The number of benzene rings is 2. The Bertz CT molecular complexity index is 626. The van der Waals surface area contributed by atoms with Gasteiger partial charge in [-0.25, -0.2) is 4.79 Å². The van der Waals surface area contributed by atoms with E-state index in [1.165, 1.54) is 0 Å². The van der Waals surface area contributed by atoms with Gasteiger partial charge in [-0.15, -0.1) is 0 Å². The van der Waals surface area contributed by atoms with Gasteiger partial charge < -0.3 is 10.0 Å². The molecule has 0 saturated carbocycles. The Morgan fingerprint density at radius 3 is 2.40 bits per heavy atom. The highest BCUT2D eigenvalue weighted by Gasteiger charge is 2.09. The highest BCUT2D eigenvalue weighted by atomic mass is 35.5. The molecule has 0 atom stereocenters. The Hall–Kier alpha value is -1.71. The van der Waals surface area contributed by atoms with Crippen molar-refractivity contribution in [1.29, 1.82) is 0 Å². The molecular weight excluding hydrogens is 297 g/mol. The van der Waals surface area contributed by atoms with Gasteiger partial charge in [0, 0.05) is 19.3 Å². The number of carboxylic acids is 1. The molecule has 0 aliphatic carbocycles. The molecule has 0 bridgehead atoms. The summed E-state index contributed by atoms with van der Waals surface area (Å²) >= 11 is 12.1. The molecule has 0 unspecified atom stereocenters. The summed E-state index contributed by atoms with van der Waals surface area (Å²) in [6.45, 7) is 0.589. The number of halogens is 2. The average molecular weight is 310 g/mol. The zero-order chi connectivity index (χ0) is 14.7. The molecule has 0 saturated heterocycles. The van der Waals surface area contributed by atoms with Crippen LogP contribution in [0.1, 0.15) is 15.9 Å². The fourth-order valence-corrected chi connectivity index (χ4v) is 2.26. The molecule has 0 amide bonds. The summed E-state index contributed by atoms with van der Waals surface area (Å²) in [5.74, 6) is -0.933. The van der Waals surface area contributed by atoms with Gasteiger partial charge in [0.15, 0.2) is 0 Å². The van der Waals surface area contributed by atoms with Gasteiger partial charge in [-0.05, 0) is 35.9 Å². The van der Waals surface area contributed by atoms with Gasteiger partial charge in [0.2, 0.25) is 0 Å². The normalized spacial score (nSPS) is 10.3. The second kappa shape index (κ2) is 6.16. The molecule has 104 valence electrons. The van der Waals surface area contributed by atoms with E-state index in [1.54, 1.807) is 30.3 Å². The minimum Gasteiger partial charge on any atom is -0.478 e. The monoisotopic (exact) mass is 309 g/mol. The number of hydrogen-bond donors (Lipinski definition) is 1. The standard InChI is InChI=1S/C15H13Cl2NO2/c1-18(9-11-3-2-4-13(16)14(11)17)12-7-5-10(6-8-12)15(19)20/h2-8H,9H2,1H3,(H,19,20). The second-order valence-electron chi connectivity index (χ2n) is 4.42. The zero-order valence-electron chi connectivity index (χ0n) is 10.8. The predicted octanol–water partition coefficient (Wildman–Crippen LogP) is 4.33. The molecule has 0 aliphatic heterocycles. The van der Waals surface area contributed by atoms with E-state index >= 15 is 0 Å². The molecule has 0 fully saturated rings.